The number of halogens is 1. The molecule has 0 spiro atoms. The van der Waals surface area contributed by atoms with E-state index in [-0.39, 0.29) is 12.2 Å². The average Bonchev–Trinajstić information content (AvgIpc) is 2.67. The van der Waals surface area contributed by atoms with Crippen LogP contribution in [0, 0.1) is 17.9 Å². The van der Waals surface area contributed by atoms with Crippen LogP contribution in [-0.4, -0.2) is 12.9 Å². The minimum Gasteiger partial charge on any atom is -0.619 e. The van der Waals surface area contributed by atoms with Crippen LogP contribution in [0.5, 0.6) is 5.75 Å². The third kappa shape index (κ3) is 4.14. The van der Waals surface area contributed by atoms with Crippen LogP contribution in [0.2, 0.25) is 0 Å². The largest absolute Gasteiger partial charge is 0.619 e. The van der Waals surface area contributed by atoms with Crippen LogP contribution in [-0.2, 0) is 0 Å². The Balaban J connectivity index is 2.03. The van der Waals surface area contributed by atoms with Crippen LogP contribution in [0.15, 0.2) is 67.0 Å². The Kier molecular flexibility index (Phi) is 5.50. The number of aryl methyl sites for hydroxylation is 1. The minimum absolute atomic E-state index is 0.0537. The predicted molar refractivity (Wildman–Crippen MR) is 100 cm³/mol. The summed E-state index contributed by atoms with van der Waals surface area (Å²) < 4.78 is 20.4. The first kappa shape index (κ1) is 18.6. The number of rotatable bonds is 6. The van der Waals surface area contributed by atoms with Crippen LogP contribution in [0.1, 0.15) is 39.4 Å². The van der Waals surface area contributed by atoms with Crippen LogP contribution < -0.4 is 9.47 Å². The maximum absolute atomic E-state index is 14.8. The second-order valence-corrected chi connectivity index (χ2v) is 6.38. The number of hydrogen-bond donors (Lipinski definition) is 0. The Morgan fingerprint density at radius 1 is 1.15 bits per heavy atom. The minimum atomic E-state index is -0.468. The maximum atomic E-state index is 14.8. The molecule has 1 atom stereocenters. The van der Waals surface area contributed by atoms with E-state index in [0.29, 0.717) is 21.6 Å². The summed E-state index contributed by atoms with van der Waals surface area (Å²) in [5.41, 5.74) is 2.57. The number of methoxy groups -OCH3 is 1. The standard InChI is InChI=1S/C22H20FNO3/c1-15-6-3-4-8-18(15)20(19-10-9-17(27-2)12-21(19)23)13-22(25)16-7-5-11-24(26)14-16/h3-12,14,20H,13H2,1-2H3. The average molecular weight is 365 g/mol. The normalized spacial score (nSPS) is 11.8. The molecule has 1 aromatic heterocycles. The van der Waals surface area contributed by atoms with Gasteiger partial charge in [-0.25, -0.2) is 4.39 Å². The summed E-state index contributed by atoms with van der Waals surface area (Å²) in [4.78, 5) is 12.8. The van der Waals surface area contributed by atoms with Crippen molar-refractivity contribution in [3.05, 3.63) is 100 Å². The Hall–Kier alpha value is -3.21. The Morgan fingerprint density at radius 2 is 1.93 bits per heavy atom. The molecule has 0 aliphatic carbocycles. The molecule has 0 fully saturated rings. The monoisotopic (exact) mass is 365 g/mol. The first-order chi connectivity index (χ1) is 13.0. The number of carbonyl (C=O) groups is 1. The molecule has 0 aliphatic rings. The first-order valence-electron chi connectivity index (χ1n) is 8.60. The third-order valence-corrected chi connectivity index (χ3v) is 4.63. The fourth-order valence-electron chi connectivity index (χ4n) is 3.21. The van der Waals surface area contributed by atoms with Gasteiger partial charge in [0.15, 0.2) is 18.2 Å². The summed E-state index contributed by atoms with van der Waals surface area (Å²) in [7, 11) is 1.48. The van der Waals surface area contributed by atoms with Crippen molar-refractivity contribution in [1.29, 1.82) is 0 Å². The van der Waals surface area contributed by atoms with Crippen LogP contribution in [0.4, 0.5) is 4.39 Å². The molecule has 0 amide bonds. The summed E-state index contributed by atoms with van der Waals surface area (Å²) >= 11 is 0. The second kappa shape index (κ2) is 7.99. The van der Waals surface area contributed by atoms with Crippen LogP contribution in [0.25, 0.3) is 0 Å². The highest BCUT2D eigenvalue weighted by molar-refractivity contribution is 5.96. The summed E-state index contributed by atoms with van der Waals surface area (Å²) in [5.74, 6) is -0.697. The molecule has 0 radical (unpaired) electrons. The van der Waals surface area contributed by atoms with Gasteiger partial charge in [0.05, 0.1) is 12.7 Å². The fourth-order valence-corrected chi connectivity index (χ4v) is 3.21. The molecule has 1 heterocycles. The van der Waals surface area contributed by atoms with Crippen molar-refractivity contribution < 1.29 is 18.7 Å². The smallest absolute Gasteiger partial charge is 0.191 e. The molecular formula is C22H20FNO3. The SMILES string of the molecule is COc1ccc(C(CC(=O)c2ccc[n+]([O-])c2)c2ccccc2C)c(F)c1. The van der Waals surface area contributed by atoms with Gasteiger partial charge in [0.25, 0.3) is 0 Å². The predicted octanol–water partition coefficient (Wildman–Crippen LogP) is 4.18. The number of ketones is 1. The van der Waals surface area contributed by atoms with Crippen molar-refractivity contribution in [3.8, 4) is 5.75 Å². The lowest BCUT2D eigenvalue weighted by Gasteiger charge is -2.20. The molecule has 27 heavy (non-hydrogen) atoms. The molecular weight excluding hydrogens is 345 g/mol. The van der Waals surface area contributed by atoms with Gasteiger partial charge in [-0.05, 0) is 35.7 Å². The highest BCUT2D eigenvalue weighted by atomic mass is 19.1. The summed E-state index contributed by atoms with van der Waals surface area (Å²) in [6.07, 6.45) is 2.61. The zero-order chi connectivity index (χ0) is 19.4. The lowest BCUT2D eigenvalue weighted by molar-refractivity contribution is -0.605. The number of aromatic nitrogens is 1. The topological polar surface area (TPSA) is 53.2 Å². The number of benzene rings is 2. The molecule has 0 saturated heterocycles. The number of nitrogens with zero attached hydrogens (tertiary/aromatic N) is 1. The van der Waals surface area contributed by atoms with Crippen molar-refractivity contribution in [1.82, 2.24) is 0 Å². The van der Waals surface area contributed by atoms with Gasteiger partial charge >= 0.3 is 0 Å². The summed E-state index contributed by atoms with van der Waals surface area (Å²) in [6.45, 7) is 1.93. The van der Waals surface area contributed by atoms with Crippen molar-refractivity contribution >= 4 is 5.78 Å². The molecule has 138 valence electrons. The molecule has 3 rings (SSSR count). The van der Waals surface area contributed by atoms with E-state index in [1.54, 1.807) is 18.2 Å². The molecule has 0 saturated carbocycles. The van der Waals surface area contributed by atoms with E-state index in [0.717, 1.165) is 11.1 Å². The lowest BCUT2D eigenvalue weighted by Crippen LogP contribution is -2.26. The van der Waals surface area contributed by atoms with Gasteiger partial charge in [0.1, 0.15) is 11.6 Å². The fraction of sp³-hybridized carbons (Fsp3) is 0.182. The summed E-state index contributed by atoms with van der Waals surface area (Å²) in [6, 6.07) is 15.4. The molecule has 0 bridgehead atoms. The Bertz CT molecular complexity index is 971. The third-order valence-electron chi connectivity index (χ3n) is 4.63. The van der Waals surface area contributed by atoms with Gasteiger partial charge in [-0.1, -0.05) is 30.3 Å². The van der Waals surface area contributed by atoms with E-state index < -0.39 is 11.7 Å². The van der Waals surface area contributed by atoms with Crippen LogP contribution in [0.3, 0.4) is 0 Å². The van der Waals surface area contributed by atoms with Gasteiger partial charge in [-0.15, -0.1) is 0 Å². The van der Waals surface area contributed by atoms with Crippen molar-refractivity contribution in [2.45, 2.75) is 19.3 Å². The van der Waals surface area contributed by atoms with Gasteiger partial charge in [-0.2, -0.15) is 4.73 Å². The van der Waals surface area contributed by atoms with Crippen molar-refractivity contribution in [3.63, 3.8) is 0 Å². The van der Waals surface area contributed by atoms with Gasteiger partial charge < -0.3 is 9.94 Å². The number of ether oxygens (including phenoxy) is 1. The number of carbonyl (C=O) groups excluding carboxylic acids is 1. The number of hydrogen-bond acceptors (Lipinski definition) is 3. The zero-order valence-corrected chi connectivity index (χ0v) is 15.2. The molecule has 4 nitrogen and oxygen atoms in total. The molecule has 2 aromatic carbocycles. The quantitative estimate of drug-likeness (QED) is 0.374. The van der Waals surface area contributed by atoms with Gasteiger partial charge in [0, 0.05) is 24.5 Å². The van der Waals surface area contributed by atoms with Gasteiger partial charge in [0.2, 0.25) is 0 Å². The van der Waals surface area contributed by atoms with Crippen molar-refractivity contribution in [2.24, 2.45) is 0 Å². The van der Waals surface area contributed by atoms with Crippen molar-refractivity contribution in [2.75, 3.05) is 7.11 Å². The zero-order valence-electron chi connectivity index (χ0n) is 15.2. The van der Waals surface area contributed by atoms with E-state index in [1.165, 1.54) is 31.6 Å². The van der Waals surface area contributed by atoms with Crippen LogP contribution >= 0.6 is 0 Å². The molecule has 5 heteroatoms. The Labute approximate surface area is 157 Å². The van der Waals surface area contributed by atoms with E-state index in [1.807, 2.05) is 31.2 Å². The number of pyridine rings is 1. The Morgan fingerprint density at radius 3 is 2.59 bits per heavy atom. The van der Waals surface area contributed by atoms with Gasteiger partial charge in [-0.3, -0.25) is 4.79 Å². The highest BCUT2D eigenvalue weighted by Gasteiger charge is 2.24. The molecule has 3 aromatic rings. The van der Waals surface area contributed by atoms with E-state index in [4.69, 9.17) is 4.74 Å². The van der Waals surface area contributed by atoms with E-state index in [9.17, 15) is 14.4 Å². The van der Waals surface area contributed by atoms with E-state index in [2.05, 4.69) is 0 Å². The molecule has 1 unspecified atom stereocenters. The molecule has 0 N–H and O–H groups in total. The lowest BCUT2D eigenvalue weighted by atomic mass is 9.83. The first-order valence-corrected chi connectivity index (χ1v) is 8.60. The summed E-state index contributed by atoms with van der Waals surface area (Å²) in [5, 5.41) is 11.5. The van der Waals surface area contributed by atoms with E-state index >= 15 is 0 Å². The number of Topliss-reactive ketones (excluding diaryl/α,β-unsaturated/α-hetero) is 1. The second-order valence-electron chi connectivity index (χ2n) is 6.38. The highest BCUT2D eigenvalue weighted by Crippen LogP contribution is 2.34. The molecule has 0 aliphatic heterocycles. The maximum Gasteiger partial charge on any atom is 0.191 e.